The third-order valence-electron chi connectivity index (χ3n) is 2.88. The SMILES string of the molecule is O=C(O)C1=CNC=C(C(=O)OCS(=O)(=O)c2ccccc2)C1. The van der Waals surface area contributed by atoms with Crippen LogP contribution in [0.15, 0.2) is 58.8 Å². The molecule has 2 N–H and O–H groups in total. The fraction of sp³-hybridized carbons (Fsp3) is 0.143. The molecule has 116 valence electrons. The molecule has 1 heterocycles. The molecule has 2 rings (SSSR count). The zero-order chi connectivity index (χ0) is 16.2. The molecule has 0 atom stereocenters. The number of nitrogens with one attached hydrogen (secondary N) is 1. The van der Waals surface area contributed by atoms with Crippen LogP contribution in [0.5, 0.6) is 0 Å². The summed E-state index contributed by atoms with van der Waals surface area (Å²) in [4.78, 5) is 22.7. The van der Waals surface area contributed by atoms with Gasteiger partial charge in [-0.3, -0.25) is 0 Å². The van der Waals surface area contributed by atoms with Gasteiger partial charge in [0.15, 0.2) is 5.94 Å². The first-order valence-electron chi connectivity index (χ1n) is 6.22. The number of aliphatic carboxylic acids is 1. The Hall–Kier alpha value is -2.61. The lowest BCUT2D eigenvalue weighted by molar-refractivity contribution is -0.137. The quantitative estimate of drug-likeness (QED) is 0.771. The van der Waals surface area contributed by atoms with E-state index < -0.39 is 27.7 Å². The minimum atomic E-state index is -3.75. The van der Waals surface area contributed by atoms with Crippen LogP contribution in [0.4, 0.5) is 0 Å². The number of carbonyl (C=O) groups excluding carboxylic acids is 1. The normalized spacial score (nSPS) is 14.4. The molecular weight excluding hydrogens is 310 g/mol. The van der Waals surface area contributed by atoms with E-state index in [0.29, 0.717) is 0 Å². The van der Waals surface area contributed by atoms with Crippen molar-refractivity contribution in [3.05, 3.63) is 53.9 Å². The van der Waals surface area contributed by atoms with Crippen molar-refractivity contribution < 1.29 is 27.9 Å². The first-order chi connectivity index (χ1) is 10.4. The summed E-state index contributed by atoms with van der Waals surface area (Å²) in [6.45, 7) is 0. The molecule has 1 aliphatic heterocycles. The van der Waals surface area contributed by atoms with Crippen LogP contribution in [-0.2, 0) is 24.2 Å². The smallest absolute Gasteiger partial charge is 0.336 e. The molecule has 0 spiro atoms. The summed E-state index contributed by atoms with van der Waals surface area (Å²) >= 11 is 0. The van der Waals surface area contributed by atoms with Crippen molar-refractivity contribution in [2.45, 2.75) is 11.3 Å². The molecular formula is C14H13NO6S. The largest absolute Gasteiger partial charge is 0.478 e. The number of sulfone groups is 1. The maximum atomic E-state index is 12.0. The van der Waals surface area contributed by atoms with E-state index >= 15 is 0 Å². The van der Waals surface area contributed by atoms with Gasteiger partial charge in [0.25, 0.3) is 0 Å². The highest BCUT2D eigenvalue weighted by Crippen LogP contribution is 2.17. The summed E-state index contributed by atoms with van der Waals surface area (Å²) in [5.74, 6) is -2.85. The molecule has 1 aliphatic rings. The third-order valence-corrected chi connectivity index (χ3v) is 4.30. The van der Waals surface area contributed by atoms with Gasteiger partial charge in [0.1, 0.15) is 0 Å². The van der Waals surface area contributed by atoms with E-state index in [4.69, 9.17) is 9.84 Å². The van der Waals surface area contributed by atoms with Crippen molar-refractivity contribution in [1.82, 2.24) is 5.32 Å². The summed E-state index contributed by atoms with van der Waals surface area (Å²) in [7, 11) is -3.75. The molecule has 0 bridgehead atoms. The lowest BCUT2D eigenvalue weighted by Gasteiger charge is -2.13. The van der Waals surface area contributed by atoms with Crippen molar-refractivity contribution >= 4 is 21.8 Å². The molecule has 1 aromatic rings. The molecule has 8 heteroatoms. The summed E-state index contributed by atoms with van der Waals surface area (Å²) in [6.07, 6.45) is 2.40. The molecule has 1 aromatic carbocycles. The zero-order valence-corrected chi connectivity index (χ0v) is 12.2. The van der Waals surface area contributed by atoms with Gasteiger partial charge in [0.2, 0.25) is 9.84 Å². The van der Waals surface area contributed by atoms with E-state index in [1.165, 1.54) is 24.5 Å². The van der Waals surface area contributed by atoms with Crippen molar-refractivity contribution in [2.75, 3.05) is 5.94 Å². The van der Waals surface area contributed by atoms with Gasteiger partial charge < -0.3 is 15.2 Å². The Morgan fingerprint density at radius 1 is 1.14 bits per heavy atom. The number of ether oxygens (including phenoxy) is 1. The fourth-order valence-electron chi connectivity index (χ4n) is 1.74. The topological polar surface area (TPSA) is 110 Å². The highest BCUT2D eigenvalue weighted by Gasteiger charge is 2.22. The van der Waals surface area contributed by atoms with E-state index in [-0.39, 0.29) is 22.5 Å². The van der Waals surface area contributed by atoms with Crippen LogP contribution in [0, 0.1) is 0 Å². The van der Waals surface area contributed by atoms with E-state index in [2.05, 4.69) is 5.32 Å². The van der Waals surface area contributed by atoms with Crippen LogP contribution in [-0.4, -0.2) is 31.4 Å². The Balaban J connectivity index is 1.99. The average molecular weight is 323 g/mol. The molecule has 0 fully saturated rings. The maximum absolute atomic E-state index is 12.0. The van der Waals surface area contributed by atoms with Crippen molar-refractivity contribution in [3.63, 3.8) is 0 Å². The Bertz CT molecular complexity index is 749. The second-order valence-corrected chi connectivity index (χ2v) is 6.40. The van der Waals surface area contributed by atoms with E-state index in [0.717, 1.165) is 0 Å². The Morgan fingerprint density at radius 2 is 1.77 bits per heavy atom. The lowest BCUT2D eigenvalue weighted by atomic mass is 10.1. The van der Waals surface area contributed by atoms with E-state index in [1.54, 1.807) is 18.2 Å². The predicted octanol–water partition coefficient (Wildman–Crippen LogP) is 0.807. The summed E-state index contributed by atoms with van der Waals surface area (Å²) < 4.78 is 28.7. The van der Waals surface area contributed by atoms with Crippen LogP contribution >= 0.6 is 0 Å². The highest BCUT2D eigenvalue weighted by atomic mass is 32.2. The zero-order valence-electron chi connectivity index (χ0n) is 11.4. The number of benzene rings is 1. The van der Waals surface area contributed by atoms with Crippen LogP contribution in [0.1, 0.15) is 6.42 Å². The number of hydrogen-bond donors (Lipinski definition) is 2. The summed E-state index contributed by atoms with van der Waals surface area (Å²) in [5.41, 5.74) is 0.0310. The molecule has 0 radical (unpaired) electrons. The van der Waals surface area contributed by atoms with Gasteiger partial charge in [-0.25, -0.2) is 18.0 Å². The second kappa shape index (κ2) is 6.44. The number of rotatable bonds is 5. The molecule has 0 unspecified atom stereocenters. The van der Waals surface area contributed by atoms with Crippen molar-refractivity contribution in [3.8, 4) is 0 Å². The molecule has 0 aromatic heterocycles. The molecule has 7 nitrogen and oxygen atoms in total. The Kier molecular flexibility index (Phi) is 4.62. The van der Waals surface area contributed by atoms with Gasteiger partial charge in [-0.15, -0.1) is 0 Å². The third kappa shape index (κ3) is 3.73. The standard InChI is InChI=1S/C14H13NO6S/c16-13(17)10-6-11(8-15-7-10)14(18)21-9-22(19,20)12-4-2-1-3-5-12/h1-5,7-8,15H,6,9H2,(H,16,17). The first-order valence-corrected chi connectivity index (χ1v) is 7.88. The molecule has 0 saturated carbocycles. The van der Waals surface area contributed by atoms with Gasteiger partial charge in [0, 0.05) is 18.8 Å². The molecule has 0 aliphatic carbocycles. The van der Waals surface area contributed by atoms with Gasteiger partial charge in [-0.2, -0.15) is 0 Å². The lowest BCUT2D eigenvalue weighted by Crippen LogP contribution is -2.21. The average Bonchev–Trinajstić information content (AvgIpc) is 2.53. The number of carboxylic acid groups (broad SMARTS) is 1. The van der Waals surface area contributed by atoms with Gasteiger partial charge in [-0.1, -0.05) is 18.2 Å². The number of dihydropyridines is 1. The van der Waals surface area contributed by atoms with Crippen molar-refractivity contribution in [1.29, 1.82) is 0 Å². The molecule has 0 amide bonds. The van der Waals surface area contributed by atoms with Gasteiger partial charge in [0.05, 0.1) is 16.0 Å². The molecule has 0 saturated heterocycles. The van der Waals surface area contributed by atoms with Crippen LogP contribution in [0.2, 0.25) is 0 Å². The van der Waals surface area contributed by atoms with Crippen LogP contribution < -0.4 is 5.32 Å². The minimum absolute atomic E-state index is 0.0135. The summed E-state index contributed by atoms with van der Waals surface area (Å²) in [6, 6.07) is 7.59. The number of hydrogen-bond acceptors (Lipinski definition) is 6. The number of carbonyl (C=O) groups is 2. The summed E-state index contributed by atoms with van der Waals surface area (Å²) in [5, 5.41) is 11.4. The monoisotopic (exact) mass is 323 g/mol. The number of esters is 1. The van der Waals surface area contributed by atoms with Gasteiger partial charge in [-0.05, 0) is 12.1 Å². The molecule has 22 heavy (non-hydrogen) atoms. The van der Waals surface area contributed by atoms with Gasteiger partial charge >= 0.3 is 11.9 Å². The number of carboxylic acids is 1. The van der Waals surface area contributed by atoms with E-state index in [9.17, 15) is 18.0 Å². The van der Waals surface area contributed by atoms with Crippen LogP contribution in [0.25, 0.3) is 0 Å². The highest BCUT2D eigenvalue weighted by molar-refractivity contribution is 7.91. The second-order valence-electron chi connectivity index (χ2n) is 4.47. The Morgan fingerprint density at radius 3 is 2.41 bits per heavy atom. The first kappa shape index (κ1) is 15.8. The van der Waals surface area contributed by atoms with Crippen molar-refractivity contribution in [2.24, 2.45) is 0 Å². The fourth-order valence-corrected chi connectivity index (χ4v) is 2.71. The van der Waals surface area contributed by atoms with E-state index in [1.807, 2.05) is 0 Å². The Labute approximate surface area is 126 Å². The minimum Gasteiger partial charge on any atom is -0.478 e. The predicted molar refractivity (Wildman–Crippen MR) is 76.1 cm³/mol. The maximum Gasteiger partial charge on any atom is 0.336 e. The van der Waals surface area contributed by atoms with Crippen LogP contribution in [0.3, 0.4) is 0 Å².